The molecule has 1 atom stereocenters. The number of rotatable bonds is 4. The van der Waals surface area contributed by atoms with Gasteiger partial charge in [0.15, 0.2) is 6.04 Å². The summed E-state index contributed by atoms with van der Waals surface area (Å²) in [5.41, 5.74) is 1.53. The lowest BCUT2D eigenvalue weighted by molar-refractivity contribution is -0.141. The van der Waals surface area contributed by atoms with Gasteiger partial charge >= 0.3 is 5.97 Å². The molecule has 0 bridgehead atoms. The monoisotopic (exact) mass is 431 g/mol. The molecule has 0 radical (unpaired) electrons. The van der Waals surface area contributed by atoms with Crippen molar-refractivity contribution in [3.05, 3.63) is 62.0 Å². The zero-order chi connectivity index (χ0) is 15.4. The molecular formula is C15H12Br2ClNO2. The number of methoxy groups -OCH3 is 1. The second-order valence-corrected chi connectivity index (χ2v) is 6.37. The normalized spacial score (nSPS) is 11.8. The molecule has 0 aromatic heterocycles. The Hall–Kier alpha value is -1.04. The van der Waals surface area contributed by atoms with Crippen LogP contribution in [0.4, 0.5) is 5.69 Å². The van der Waals surface area contributed by atoms with Crippen molar-refractivity contribution in [2.24, 2.45) is 0 Å². The largest absolute Gasteiger partial charge is 0.467 e. The topological polar surface area (TPSA) is 38.3 Å². The van der Waals surface area contributed by atoms with Crippen molar-refractivity contribution in [3.8, 4) is 0 Å². The van der Waals surface area contributed by atoms with E-state index in [0.29, 0.717) is 5.02 Å². The van der Waals surface area contributed by atoms with Crippen molar-refractivity contribution in [1.82, 2.24) is 0 Å². The number of carbonyl (C=O) groups is 1. The molecular weight excluding hydrogens is 421 g/mol. The summed E-state index contributed by atoms with van der Waals surface area (Å²) in [4.78, 5) is 12.1. The standard InChI is InChI=1S/C15H12Br2ClNO2/c1-21-15(20)14(9-6-7-10(16)12(18)8-9)19-13-5-3-2-4-11(13)17/h2-8,14,19H,1H3. The SMILES string of the molecule is COC(=O)C(Nc1ccccc1Br)c1ccc(Br)c(Cl)c1. The van der Waals surface area contributed by atoms with Gasteiger partial charge in [-0.2, -0.15) is 0 Å². The number of hydrogen-bond donors (Lipinski definition) is 1. The molecule has 2 aromatic carbocycles. The van der Waals surface area contributed by atoms with Gasteiger partial charge in [0.2, 0.25) is 0 Å². The summed E-state index contributed by atoms with van der Waals surface area (Å²) < 4.78 is 6.52. The molecule has 0 saturated heterocycles. The third-order valence-corrected chi connectivity index (χ3v) is 4.81. The molecule has 0 heterocycles. The molecule has 0 amide bonds. The average Bonchev–Trinajstić information content (AvgIpc) is 2.48. The molecule has 6 heteroatoms. The van der Waals surface area contributed by atoms with E-state index in [9.17, 15) is 4.79 Å². The van der Waals surface area contributed by atoms with E-state index in [1.54, 1.807) is 12.1 Å². The van der Waals surface area contributed by atoms with Gasteiger partial charge in [0.1, 0.15) is 0 Å². The van der Waals surface area contributed by atoms with E-state index in [4.69, 9.17) is 16.3 Å². The van der Waals surface area contributed by atoms with Gasteiger partial charge in [-0.05, 0) is 61.7 Å². The Kier molecular flexibility index (Phi) is 5.67. The molecule has 0 aliphatic rings. The number of benzene rings is 2. The first-order valence-corrected chi connectivity index (χ1v) is 8.03. The van der Waals surface area contributed by atoms with Crippen molar-refractivity contribution >= 4 is 55.1 Å². The number of anilines is 1. The van der Waals surface area contributed by atoms with Gasteiger partial charge in [0.25, 0.3) is 0 Å². The molecule has 0 spiro atoms. The first-order valence-electron chi connectivity index (χ1n) is 6.06. The van der Waals surface area contributed by atoms with Crippen molar-refractivity contribution in [2.75, 3.05) is 12.4 Å². The fourth-order valence-corrected chi connectivity index (χ4v) is 2.66. The number of halogens is 3. The van der Waals surface area contributed by atoms with Crippen LogP contribution >= 0.6 is 43.5 Å². The predicted molar refractivity (Wildman–Crippen MR) is 91.7 cm³/mol. The first kappa shape index (κ1) is 16.3. The Morgan fingerprint density at radius 3 is 2.52 bits per heavy atom. The number of nitrogens with one attached hydrogen (secondary N) is 1. The molecule has 0 aliphatic carbocycles. The number of para-hydroxylation sites is 1. The molecule has 0 aliphatic heterocycles. The third-order valence-electron chi connectivity index (χ3n) is 2.89. The smallest absolute Gasteiger partial charge is 0.332 e. The number of esters is 1. The summed E-state index contributed by atoms with van der Waals surface area (Å²) in [5, 5.41) is 3.70. The minimum atomic E-state index is -0.640. The van der Waals surface area contributed by atoms with Crippen LogP contribution in [0.15, 0.2) is 51.4 Å². The van der Waals surface area contributed by atoms with Gasteiger partial charge in [-0.15, -0.1) is 0 Å². The van der Waals surface area contributed by atoms with Gasteiger partial charge in [-0.25, -0.2) is 4.79 Å². The predicted octanol–water partition coefficient (Wildman–Crippen LogP) is 5.19. The van der Waals surface area contributed by atoms with Crippen LogP contribution in [0.3, 0.4) is 0 Å². The molecule has 1 unspecified atom stereocenters. The second kappa shape index (κ2) is 7.29. The molecule has 21 heavy (non-hydrogen) atoms. The number of hydrogen-bond acceptors (Lipinski definition) is 3. The van der Waals surface area contributed by atoms with Crippen molar-refractivity contribution < 1.29 is 9.53 Å². The quantitative estimate of drug-likeness (QED) is 0.675. The molecule has 110 valence electrons. The van der Waals surface area contributed by atoms with E-state index < -0.39 is 6.04 Å². The molecule has 2 rings (SSSR count). The summed E-state index contributed by atoms with van der Waals surface area (Å²) in [6, 6.07) is 12.3. The highest BCUT2D eigenvalue weighted by Crippen LogP contribution is 2.30. The van der Waals surface area contributed by atoms with E-state index in [1.807, 2.05) is 30.3 Å². The maximum atomic E-state index is 12.1. The fraction of sp³-hybridized carbons (Fsp3) is 0.133. The summed E-state index contributed by atoms with van der Waals surface area (Å²) in [6.45, 7) is 0. The highest BCUT2D eigenvalue weighted by molar-refractivity contribution is 9.11. The highest BCUT2D eigenvalue weighted by Gasteiger charge is 2.22. The van der Waals surface area contributed by atoms with Crippen molar-refractivity contribution in [2.45, 2.75) is 6.04 Å². The summed E-state index contributed by atoms with van der Waals surface area (Å²) >= 11 is 12.9. The molecule has 0 fully saturated rings. The highest BCUT2D eigenvalue weighted by atomic mass is 79.9. The molecule has 2 aromatic rings. The molecule has 3 nitrogen and oxygen atoms in total. The molecule has 0 saturated carbocycles. The van der Waals surface area contributed by atoms with Crippen LogP contribution in [-0.4, -0.2) is 13.1 Å². The van der Waals surface area contributed by atoms with Crippen LogP contribution in [0.2, 0.25) is 5.02 Å². The Bertz CT molecular complexity index is 664. The van der Waals surface area contributed by atoms with Gasteiger partial charge in [0.05, 0.1) is 12.1 Å². The van der Waals surface area contributed by atoms with E-state index >= 15 is 0 Å². The lowest BCUT2D eigenvalue weighted by Crippen LogP contribution is -2.22. The van der Waals surface area contributed by atoms with Crippen LogP contribution in [0.5, 0.6) is 0 Å². The number of carbonyl (C=O) groups excluding carboxylic acids is 1. The van der Waals surface area contributed by atoms with Crippen molar-refractivity contribution in [1.29, 1.82) is 0 Å². The van der Waals surface area contributed by atoms with Crippen LogP contribution < -0.4 is 5.32 Å². The van der Waals surface area contributed by atoms with Gasteiger partial charge < -0.3 is 10.1 Å². The lowest BCUT2D eigenvalue weighted by Gasteiger charge is -2.19. The van der Waals surface area contributed by atoms with E-state index in [2.05, 4.69) is 37.2 Å². The number of ether oxygens (including phenoxy) is 1. The second-order valence-electron chi connectivity index (χ2n) is 4.25. The molecule has 1 N–H and O–H groups in total. The van der Waals surface area contributed by atoms with E-state index in [-0.39, 0.29) is 5.97 Å². The van der Waals surface area contributed by atoms with Gasteiger partial charge in [-0.3, -0.25) is 0 Å². The van der Waals surface area contributed by atoms with Crippen LogP contribution in [0.25, 0.3) is 0 Å². The van der Waals surface area contributed by atoms with E-state index in [0.717, 1.165) is 20.2 Å². The Labute approximate surface area is 144 Å². The summed E-state index contributed by atoms with van der Waals surface area (Å²) in [6.07, 6.45) is 0. The van der Waals surface area contributed by atoms with Gasteiger partial charge in [0, 0.05) is 14.6 Å². The summed E-state index contributed by atoms with van der Waals surface area (Å²) in [5.74, 6) is -0.385. The van der Waals surface area contributed by atoms with Crippen LogP contribution in [-0.2, 0) is 9.53 Å². The minimum absolute atomic E-state index is 0.385. The minimum Gasteiger partial charge on any atom is -0.467 e. The Morgan fingerprint density at radius 2 is 1.90 bits per heavy atom. The van der Waals surface area contributed by atoms with Gasteiger partial charge in [-0.1, -0.05) is 29.8 Å². The zero-order valence-electron chi connectivity index (χ0n) is 11.1. The van der Waals surface area contributed by atoms with Crippen LogP contribution in [0.1, 0.15) is 11.6 Å². The Balaban J connectivity index is 2.37. The Morgan fingerprint density at radius 1 is 1.19 bits per heavy atom. The first-order chi connectivity index (χ1) is 10.0. The maximum Gasteiger partial charge on any atom is 0.332 e. The summed E-state index contributed by atoms with van der Waals surface area (Å²) in [7, 11) is 1.36. The lowest BCUT2D eigenvalue weighted by atomic mass is 10.1. The zero-order valence-corrected chi connectivity index (χ0v) is 15.0. The average molecular weight is 434 g/mol. The van der Waals surface area contributed by atoms with Crippen LogP contribution in [0, 0.1) is 0 Å². The van der Waals surface area contributed by atoms with Crippen molar-refractivity contribution in [3.63, 3.8) is 0 Å². The maximum absolute atomic E-state index is 12.1. The van der Waals surface area contributed by atoms with E-state index in [1.165, 1.54) is 7.11 Å². The third kappa shape index (κ3) is 3.99. The fourth-order valence-electron chi connectivity index (χ4n) is 1.82.